The van der Waals surface area contributed by atoms with Crippen LogP contribution in [0.4, 0.5) is 0 Å². The molecule has 0 bridgehead atoms. The highest BCUT2D eigenvalue weighted by molar-refractivity contribution is 6.60. The van der Waals surface area contributed by atoms with Gasteiger partial charge in [-0.1, -0.05) is 6.92 Å². The predicted molar refractivity (Wildman–Crippen MR) is 48.4 cm³/mol. The van der Waals surface area contributed by atoms with Gasteiger partial charge in [0.05, 0.1) is 5.92 Å². The van der Waals surface area contributed by atoms with Gasteiger partial charge in [0.1, 0.15) is 0 Å². The number of rotatable bonds is 6. The van der Waals surface area contributed by atoms with Gasteiger partial charge in [-0.15, -0.1) is 0 Å². The van der Waals surface area contributed by atoms with E-state index in [1.165, 1.54) is 21.3 Å². The quantitative estimate of drug-likeness (QED) is 0.647. The lowest BCUT2D eigenvalue weighted by atomic mass is 10.2. The molecule has 1 unspecified atom stereocenters. The largest absolute Gasteiger partial charge is 0.501 e. The second-order valence-electron chi connectivity index (χ2n) is 2.74. The van der Waals surface area contributed by atoms with Gasteiger partial charge >= 0.3 is 14.8 Å². The van der Waals surface area contributed by atoms with E-state index >= 15 is 0 Å². The molecule has 0 spiro atoms. The van der Waals surface area contributed by atoms with Crippen LogP contribution in [0.3, 0.4) is 0 Å². The minimum Gasteiger partial charge on any atom is -0.481 e. The summed E-state index contributed by atoms with van der Waals surface area (Å²) in [6.07, 6.45) is 0. The fourth-order valence-corrected chi connectivity index (χ4v) is 2.89. The minimum atomic E-state index is -2.72. The van der Waals surface area contributed by atoms with Gasteiger partial charge in [-0.2, -0.15) is 0 Å². The molecule has 0 heterocycles. The molecule has 78 valence electrons. The van der Waals surface area contributed by atoms with Gasteiger partial charge < -0.3 is 18.4 Å². The monoisotopic (exact) mass is 208 g/mol. The van der Waals surface area contributed by atoms with Crippen molar-refractivity contribution < 1.29 is 23.2 Å². The zero-order valence-electron chi connectivity index (χ0n) is 8.36. The second-order valence-corrected chi connectivity index (χ2v) is 5.74. The van der Waals surface area contributed by atoms with Crippen molar-refractivity contribution in [1.29, 1.82) is 0 Å². The Kier molecular flexibility index (Phi) is 5.15. The summed E-state index contributed by atoms with van der Waals surface area (Å²) in [6.45, 7) is 1.60. The summed E-state index contributed by atoms with van der Waals surface area (Å²) < 4.78 is 15.3. The first-order chi connectivity index (χ1) is 6.01. The molecule has 13 heavy (non-hydrogen) atoms. The standard InChI is InChI=1S/C7H16O5Si/c1-6(7(8)9)5-13(10-2,11-3)12-4/h6H,5H2,1-4H3,(H,8,9). The highest BCUT2D eigenvalue weighted by Gasteiger charge is 2.41. The molecular weight excluding hydrogens is 192 g/mol. The Morgan fingerprint density at radius 1 is 1.31 bits per heavy atom. The fraction of sp³-hybridized carbons (Fsp3) is 0.857. The normalized spacial score (nSPS) is 14.2. The van der Waals surface area contributed by atoms with Crippen molar-refractivity contribution in [3.8, 4) is 0 Å². The predicted octanol–water partition coefficient (Wildman–Crippen LogP) is 0.585. The van der Waals surface area contributed by atoms with Crippen molar-refractivity contribution in [3.63, 3.8) is 0 Å². The Labute approximate surface area is 79.0 Å². The van der Waals surface area contributed by atoms with E-state index in [1.54, 1.807) is 6.92 Å². The first-order valence-corrected chi connectivity index (χ1v) is 5.82. The molecule has 0 aliphatic heterocycles. The maximum Gasteiger partial charge on any atom is 0.501 e. The SMILES string of the molecule is CO[Si](CC(C)C(=O)O)(OC)OC. The van der Waals surface area contributed by atoms with E-state index in [1.807, 2.05) is 0 Å². The van der Waals surface area contributed by atoms with Crippen LogP contribution >= 0.6 is 0 Å². The topological polar surface area (TPSA) is 65.0 Å². The summed E-state index contributed by atoms with van der Waals surface area (Å²) >= 11 is 0. The summed E-state index contributed by atoms with van der Waals surface area (Å²) in [4.78, 5) is 10.6. The van der Waals surface area contributed by atoms with Gasteiger partial charge in [-0.3, -0.25) is 4.79 Å². The molecule has 0 rings (SSSR count). The van der Waals surface area contributed by atoms with Gasteiger partial charge in [-0.25, -0.2) is 0 Å². The van der Waals surface area contributed by atoms with E-state index in [0.717, 1.165) is 0 Å². The van der Waals surface area contributed by atoms with Gasteiger partial charge in [0.15, 0.2) is 0 Å². The van der Waals surface area contributed by atoms with Crippen LogP contribution in [0.5, 0.6) is 0 Å². The Bertz CT molecular complexity index is 160. The first kappa shape index (κ1) is 12.6. The Morgan fingerprint density at radius 2 is 1.69 bits per heavy atom. The lowest BCUT2D eigenvalue weighted by molar-refractivity contribution is -0.140. The molecule has 0 saturated carbocycles. The zero-order valence-corrected chi connectivity index (χ0v) is 9.36. The molecule has 0 aromatic heterocycles. The fourth-order valence-electron chi connectivity index (χ4n) is 0.962. The summed E-state index contributed by atoms with van der Waals surface area (Å²) in [6, 6.07) is 0.284. The first-order valence-electron chi connectivity index (χ1n) is 3.89. The number of carboxylic acid groups (broad SMARTS) is 1. The zero-order chi connectivity index (χ0) is 10.5. The van der Waals surface area contributed by atoms with E-state index in [0.29, 0.717) is 0 Å². The number of carbonyl (C=O) groups is 1. The average Bonchev–Trinajstić information content (AvgIpc) is 2.14. The van der Waals surface area contributed by atoms with Crippen molar-refractivity contribution in [3.05, 3.63) is 0 Å². The van der Waals surface area contributed by atoms with Crippen molar-refractivity contribution in [2.75, 3.05) is 21.3 Å². The van der Waals surface area contributed by atoms with Crippen LogP contribution in [0, 0.1) is 5.92 Å². The van der Waals surface area contributed by atoms with Crippen LogP contribution < -0.4 is 0 Å². The lowest BCUT2D eigenvalue weighted by Gasteiger charge is -2.25. The smallest absolute Gasteiger partial charge is 0.481 e. The highest BCUT2D eigenvalue weighted by atomic mass is 28.4. The molecule has 0 fully saturated rings. The Hall–Kier alpha value is -0.433. The number of hydrogen-bond donors (Lipinski definition) is 1. The van der Waals surface area contributed by atoms with Crippen LogP contribution in [0.15, 0.2) is 0 Å². The van der Waals surface area contributed by atoms with E-state index in [9.17, 15) is 4.79 Å². The summed E-state index contributed by atoms with van der Waals surface area (Å²) in [5.41, 5.74) is 0. The molecule has 1 N–H and O–H groups in total. The van der Waals surface area contributed by atoms with E-state index < -0.39 is 20.7 Å². The van der Waals surface area contributed by atoms with Crippen LogP contribution in [-0.2, 0) is 18.1 Å². The molecule has 5 nitrogen and oxygen atoms in total. The van der Waals surface area contributed by atoms with E-state index in [4.69, 9.17) is 18.4 Å². The molecule has 0 radical (unpaired) electrons. The molecule has 0 amide bonds. The van der Waals surface area contributed by atoms with Crippen LogP contribution in [-0.4, -0.2) is 41.2 Å². The Balaban J connectivity index is 4.32. The third kappa shape index (κ3) is 3.43. The minimum absolute atomic E-state index is 0.284. The maximum absolute atomic E-state index is 10.6. The van der Waals surface area contributed by atoms with Crippen molar-refractivity contribution >= 4 is 14.8 Å². The molecule has 1 atom stereocenters. The molecule has 0 aromatic carbocycles. The maximum atomic E-state index is 10.6. The number of aliphatic carboxylic acids is 1. The second kappa shape index (κ2) is 5.33. The van der Waals surface area contributed by atoms with Gasteiger partial charge in [-0.05, 0) is 0 Å². The van der Waals surface area contributed by atoms with Crippen LogP contribution in [0.25, 0.3) is 0 Å². The number of hydrogen-bond acceptors (Lipinski definition) is 4. The molecule has 0 aliphatic rings. The van der Waals surface area contributed by atoms with Gasteiger partial charge in [0, 0.05) is 27.4 Å². The third-order valence-electron chi connectivity index (χ3n) is 1.91. The summed E-state index contributed by atoms with van der Waals surface area (Å²) in [5.74, 6) is -1.39. The number of carboxylic acids is 1. The Morgan fingerprint density at radius 3 is 1.92 bits per heavy atom. The highest BCUT2D eigenvalue weighted by Crippen LogP contribution is 2.19. The third-order valence-corrected chi connectivity index (χ3v) is 4.89. The van der Waals surface area contributed by atoms with E-state index in [2.05, 4.69) is 0 Å². The molecule has 6 heteroatoms. The van der Waals surface area contributed by atoms with Gasteiger partial charge in [0.25, 0.3) is 0 Å². The van der Waals surface area contributed by atoms with Crippen molar-refractivity contribution in [1.82, 2.24) is 0 Å². The average molecular weight is 208 g/mol. The summed E-state index contributed by atoms with van der Waals surface area (Å²) in [5, 5.41) is 8.69. The molecule has 0 aliphatic carbocycles. The summed E-state index contributed by atoms with van der Waals surface area (Å²) in [7, 11) is 1.67. The van der Waals surface area contributed by atoms with Crippen LogP contribution in [0.1, 0.15) is 6.92 Å². The van der Waals surface area contributed by atoms with Crippen molar-refractivity contribution in [2.24, 2.45) is 5.92 Å². The van der Waals surface area contributed by atoms with E-state index in [-0.39, 0.29) is 6.04 Å². The molecule has 0 saturated heterocycles. The molecule has 0 aromatic rings. The lowest BCUT2D eigenvalue weighted by Crippen LogP contribution is -2.45. The van der Waals surface area contributed by atoms with Crippen LogP contribution in [0.2, 0.25) is 6.04 Å². The van der Waals surface area contributed by atoms with Gasteiger partial charge in [0.2, 0.25) is 0 Å². The molecular formula is C7H16O5Si. The van der Waals surface area contributed by atoms with Crippen molar-refractivity contribution in [2.45, 2.75) is 13.0 Å².